The van der Waals surface area contributed by atoms with Gasteiger partial charge in [-0.05, 0) is 30.7 Å². The zero-order valence-corrected chi connectivity index (χ0v) is 11.3. The van der Waals surface area contributed by atoms with E-state index in [0.717, 1.165) is 30.8 Å². The summed E-state index contributed by atoms with van der Waals surface area (Å²) in [5, 5.41) is 3.14. The monoisotopic (exact) mass is 298 g/mol. The predicted octanol–water partition coefficient (Wildman–Crippen LogP) is 4.73. The fourth-order valence-corrected chi connectivity index (χ4v) is 1.87. The molecule has 0 spiro atoms. The lowest BCUT2D eigenvalue weighted by atomic mass is 10.1. The summed E-state index contributed by atoms with van der Waals surface area (Å²) in [6.45, 7) is 2.78. The second-order valence-corrected chi connectivity index (χ2v) is 4.55. The molecule has 0 aliphatic rings. The summed E-state index contributed by atoms with van der Waals surface area (Å²) in [7, 11) is 0. The maximum absolute atomic E-state index is 13.6. The van der Waals surface area contributed by atoms with E-state index in [1.54, 1.807) is 12.1 Å². The Morgan fingerprint density at radius 3 is 2.52 bits per heavy atom. The fourth-order valence-electron chi connectivity index (χ4n) is 1.87. The van der Waals surface area contributed by atoms with E-state index in [2.05, 4.69) is 10.3 Å². The van der Waals surface area contributed by atoms with Crippen LogP contribution in [0.5, 0.6) is 0 Å². The molecule has 2 nitrogen and oxygen atoms in total. The van der Waals surface area contributed by atoms with Gasteiger partial charge >= 0.3 is 6.18 Å². The zero-order chi connectivity index (χ0) is 15.5. The molecular formula is C15H14F4N2. The van der Waals surface area contributed by atoms with Crippen LogP contribution in [0, 0.1) is 5.82 Å². The number of alkyl halides is 3. The largest absolute Gasteiger partial charge is 0.419 e. The first-order chi connectivity index (χ1) is 9.91. The van der Waals surface area contributed by atoms with E-state index >= 15 is 0 Å². The highest BCUT2D eigenvalue weighted by molar-refractivity contribution is 5.64. The van der Waals surface area contributed by atoms with Gasteiger partial charge in [-0.1, -0.05) is 13.0 Å². The van der Waals surface area contributed by atoms with Crippen LogP contribution in [0.1, 0.15) is 18.9 Å². The van der Waals surface area contributed by atoms with Crippen LogP contribution in [0.25, 0.3) is 11.3 Å². The topological polar surface area (TPSA) is 24.9 Å². The predicted molar refractivity (Wildman–Crippen MR) is 73.4 cm³/mol. The molecule has 112 valence electrons. The minimum absolute atomic E-state index is 0.306. The molecule has 0 saturated carbocycles. The van der Waals surface area contributed by atoms with Crippen molar-refractivity contribution < 1.29 is 17.6 Å². The summed E-state index contributed by atoms with van der Waals surface area (Å²) in [6.07, 6.45) is -2.23. The number of rotatable bonds is 4. The van der Waals surface area contributed by atoms with Crippen molar-refractivity contribution in [3.63, 3.8) is 0 Å². The molecule has 0 aliphatic carbocycles. The van der Waals surface area contributed by atoms with Crippen molar-refractivity contribution in [3.05, 3.63) is 47.9 Å². The summed E-state index contributed by atoms with van der Waals surface area (Å²) in [4.78, 5) is 4.06. The molecule has 2 aromatic rings. The molecule has 1 aromatic heterocycles. The first-order valence-electron chi connectivity index (χ1n) is 6.49. The molecule has 21 heavy (non-hydrogen) atoms. The Bertz CT molecular complexity index is 623. The van der Waals surface area contributed by atoms with Crippen LogP contribution < -0.4 is 5.32 Å². The van der Waals surface area contributed by atoms with E-state index < -0.39 is 17.6 Å². The molecule has 1 aromatic carbocycles. The summed E-state index contributed by atoms with van der Waals surface area (Å²) >= 11 is 0. The Morgan fingerprint density at radius 2 is 1.90 bits per heavy atom. The average molecular weight is 298 g/mol. The van der Waals surface area contributed by atoms with Gasteiger partial charge in [0.25, 0.3) is 0 Å². The number of nitrogens with one attached hydrogen (secondary N) is 1. The molecule has 0 radical (unpaired) electrons. The highest BCUT2D eigenvalue weighted by Gasteiger charge is 2.33. The first kappa shape index (κ1) is 15.3. The van der Waals surface area contributed by atoms with Crippen LogP contribution in [0.15, 0.2) is 36.5 Å². The summed E-state index contributed by atoms with van der Waals surface area (Å²) in [5.74, 6) is -1.30. The van der Waals surface area contributed by atoms with Crippen LogP contribution >= 0.6 is 0 Å². The highest BCUT2D eigenvalue weighted by Crippen LogP contribution is 2.33. The first-order valence-corrected chi connectivity index (χ1v) is 6.49. The van der Waals surface area contributed by atoms with Gasteiger partial charge in [0.1, 0.15) is 5.82 Å². The maximum atomic E-state index is 13.6. The standard InChI is InChI=1S/C15H14F4N2/c1-2-6-20-11-5-7-21-14(9-11)10-3-4-12(13(16)8-10)15(17,18)19/h3-5,7-9H,2,6H2,1H3,(H,20,21). The smallest absolute Gasteiger partial charge is 0.385 e. The third-order valence-electron chi connectivity index (χ3n) is 2.91. The second-order valence-electron chi connectivity index (χ2n) is 4.55. The molecule has 1 heterocycles. The van der Waals surface area contributed by atoms with Crippen LogP contribution in [-0.4, -0.2) is 11.5 Å². The number of halogens is 4. The Kier molecular flexibility index (Phi) is 4.45. The number of anilines is 1. The molecule has 0 saturated heterocycles. The lowest BCUT2D eigenvalue weighted by Crippen LogP contribution is -2.08. The molecular weight excluding hydrogens is 284 g/mol. The fraction of sp³-hybridized carbons (Fsp3) is 0.267. The minimum atomic E-state index is -4.69. The SMILES string of the molecule is CCCNc1ccnc(-c2ccc(C(F)(F)F)c(F)c2)c1. The molecule has 0 aliphatic heterocycles. The van der Waals surface area contributed by atoms with Gasteiger partial charge in [-0.2, -0.15) is 13.2 Å². The highest BCUT2D eigenvalue weighted by atomic mass is 19.4. The number of hydrogen-bond donors (Lipinski definition) is 1. The van der Waals surface area contributed by atoms with Crippen molar-refractivity contribution in [3.8, 4) is 11.3 Å². The average Bonchev–Trinajstić information content (AvgIpc) is 2.44. The van der Waals surface area contributed by atoms with E-state index in [1.807, 2.05) is 6.92 Å². The number of hydrogen-bond acceptors (Lipinski definition) is 2. The van der Waals surface area contributed by atoms with Gasteiger partial charge < -0.3 is 5.32 Å². The third-order valence-corrected chi connectivity index (χ3v) is 2.91. The summed E-state index contributed by atoms with van der Waals surface area (Å²) in [5.41, 5.74) is 0.248. The Morgan fingerprint density at radius 1 is 1.14 bits per heavy atom. The zero-order valence-electron chi connectivity index (χ0n) is 11.3. The van der Waals surface area contributed by atoms with Crippen molar-refractivity contribution >= 4 is 5.69 Å². The molecule has 6 heteroatoms. The van der Waals surface area contributed by atoms with Crippen molar-refractivity contribution in [1.82, 2.24) is 4.98 Å². The van der Waals surface area contributed by atoms with Gasteiger partial charge in [-0.25, -0.2) is 4.39 Å². The van der Waals surface area contributed by atoms with Crippen LogP contribution in [-0.2, 0) is 6.18 Å². The lowest BCUT2D eigenvalue weighted by Gasteiger charge is -2.10. The molecule has 0 atom stereocenters. The Labute approximate surface area is 119 Å². The minimum Gasteiger partial charge on any atom is -0.385 e. The number of aromatic nitrogens is 1. The third kappa shape index (κ3) is 3.71. The van der Waals surface area contributed by atoms with Crippen molar-refractivity contribution in [1.29, 1.82) is 0 Å². The van der Waals surface area contributed by atoms with Gasteiger partial charge in [0.2, 0.25) is 0 Å². The van der Waals surface area contributed by atoms with Crippen molar-refractivity contribution in [2.75, 3.05) is 11.9 Å². The van der Waals surface area contributed by atoms with Gasteiger partial charge in [0.15, 0.2) is 0 Å². The molecule has 0 unspecified atom stereocenters. The number of pyridine rings is 1. The van der Waals surface area contributed by atoms with Crippen LogP contribution in [0.4, 0.5) is 23.2 Å². The lowest BCUT2D eigenvalue weighted by molar-refractivity contribution is -0.139. The normalized spacial score (nSPS) is 11.5. The molecule has 0 amide bonds. The Hall–Kier alpha value is -2.11. The maximum Gasteiger partial charge on any atom is 0.419 e. The Balaban J connectivity index is 2.32. The molecule has 2 rings (SSSR count). The second kappa shape index (κ2) is 6.11. The van der Waals surface area contributed by atoms with Crippen LogP contribution in [0.3, 0.4) is 0 Å². The van der Waals surface area contributed by atoms with Gasteiger partial charge in [-0.3, -0.25) is 4.98 Å². The van der Waals surface area contributed by atoms with Gasteiger partial charge in [0.05, 0.1) is 11.3 Å². The number of benzene rings is 1. The molecule has 1 N–H and O–H groups in total. The quantitative estimate of drug-likeness (QED) is 0.825. The van der Waals surface area contributed by atoms with E-state index in [0.29, 0.717) is 11.3 Å². The molecule has 0 bridgehead atoms. The van der Waals surface area contributed by atoms with Gasteiger partial charge in [-0.15, -0.1) is 0 Å². The van der Waals surface area contributed by atoms with E-state index in [1.165, 1.54) is 12.3 Å². The van der Waals surface area contributed by atoms with E-state index in [9.17, 15) is 17.6 Å². The summed E-state index contributed by atoms with van der Waals surface area (Å²) in [6, 6.07) is 6.24. The van der Waals surface area contributed by atoms with Crippen molar-refractivity contribution in [2.24, 2.45) is 0 Å². The van der Waals surface area contributed by atoms with Crippen molar-refractivity contribution in [2.45, 2.75) is 19.5 Å². The summed E-state index contributed by atoms with van der Waals surface area (Å²) < 4.78 is 51.1. The number of nitrogens with zero attached hydrogens (tertiary/aromatic N) is 1. The van der Waals surface area contributed by atoms with E-state index in [-0.39, 0.29) is 0 Å². The van der Waals surface area contributed by atoms with E-state index in [4.69, 9.17) is 0 Å². The molecule has 0 fully saturated rings. The van der Waals surface area contributed by atoms with Crippen LogP contribution in [0.2, 0.25) is 0 Å². The van der Waals surface area contributed by atoms with Gasteiger partial charge in [0, 0.05) is 24.0 Å².